The number of hydrogen-bond acceptors (Lipinski definition) is 4. The number of imidazole rings is 1. The summed E-state index contributed by atoms with van der Waals surface area (Å²) in [4.78, 5) is 29.8. The van der Waals surface area contributed by atoms with Gasteiger partial charge in [-0.1, -0.05) is 48.0 Å². The van der Waals surface area contributed by atoms with Crippen LogP contribution in [0.1, 0.15) is 79.6 Å². The van der Waals surface area contributed by atoms with Crippen molar-refractivity contribution in [2.24, 2.45) is 11.3 Å². The Hall–Kier alpha value is -3.64. The number of pyridine rings is 1. The third kappa shape index (κ3) is 6.18. The molecule has 4 aromatic rings. The highest BCUT2D eigenvalue weighted by Gasteiger charge is 2.40. The Labute approximate surface area is 247 Å². The smallest absolute Gasteiger partial charge is 0.311 e. The Balaban J connectivity index is 1.23. The molecule has 7 heteroatoms. The molecule has 0 bridgehead atoms. The summed E-state index contributed by atoms with van der Waals surface area (Å²) in [5, 5.41) is 3.58. The summed E-state index contributed by atoms with van der Waals surface area (Å²) in [5.41, 5.74) is 6.10. The molecular weight excluding hydrogens is 534 g/mol. The van der Waals surface area contributed by atoms with Crippen LogP contribution in [-0.2, 0) is 16.1 Å². The zero-order valence-electron chi connectivity index (χ0n) is 24.2. The number of ether oxygens (including phenoxy) is 1. The molecule has 1 N–H and O–H groups in total. The lowest BCUT2D eigenvalue weighted by atomic mass is 9.67. The second kappa shape index (κ2) is 12.1. The van der Waals surface area contributed by atoms with Crippen LogP contribution < -0.4 is 5.32 Å². The van der Waals surface area contributed by atoms with E-state index in [1.165, 1.54) is 5.56 Å². The van der Waals surface area contributed by atoms with E-state index in [2.05, 4.69) is 34.6 Å². The Morgan fingerprint density at radius 2 is 1.71 bits per heavy atom. The summed E-state index contributed by atoms with van der Waals surface area (Å²) in [5.74, 6) is 0.540. The molecule has 214 valence electrons. The molecule has 0 saturated heterocycles. The highest BCUT2D eigenvalue weighted by atomic mass is 35.5. The van der Waals surface area contributed by atoms with Gasteiger partial charge in [0.15, 0.2) is 0 Å². The Kier molecular flexibility index (Phi) is 8.50. The van der Waals surface area contributed by atoms with Gasteiger partial charge in [0.1, 0.15) is 11.3 Å². The predicted octanol–water partition coefficient (Wildman–Crippen LogP) is 7.76. The fourth-order valence-electron chi connectivity index (χ4n) is 6.00. The first kappa shape index (κ1) is 28.9. The van der Waals surface area contributed by atoms with E-state index in [1.54, 1.807) is 6.20 Å². The first-order chi connectivity index (χ1) is 19.7. The number of fused-ring (bicyclic) bond motifs is 1. The van der Waals surface area contributed by atoms with E-state index >= 15 is 0 Å². The molecule has 2 aromatic heterocycles. The number of halogens is 1. The van der Waals surface area contributed by atoms with Gasteiger partial charge in [0.25, 0.3) is 5.91 Å². The maximum absolute atomic E-state index is 12.8. The van der Waals surface area contributed by atoms with Crippen LogP contribution in [0.15, 0.2) is 67.0 Å². The van der Waals surface area contributed by atoms with Crippen molar-refractivity contribution in [2.45, 2.75) is 65.8 Å². The van der Waals surface area contributed by atoms with E-state index < -0.39 is 5.41 Å². The second-order valence-corrected chi connectivity index (χ2v) is 12.0. The largest absolute Gasteiger partial charge is 0.466 e. The first-order valence-corrected chi connectivity index (χ1v) is 14.8. The molecule has 0 spiro atoms. The molecule has 1 aliphatic carbocycles. The zero-order chi connectivity index (χ0) is 29.1. The van der Waals surface area contributed by atoms with Crippen LogP contribution in [0.5, 0.6) is 0 Å². The average molecular weight is 572 g/mol. The number of benzene rings is 2. The predicted molar refractivity (Wildman–Crippen MR) is 163 cm³/mol. The lowest BCUT2D eigenvalue weighted by Gasteiger charge is -2.37. The minimum atomic E-state index is -0.438. The topological polar surface area (TPSA) is 72.7 Å². The Morgan fingerprint density at radius 1 is 1.00 bits per heavy atom. The molecule has 1 saturated carbocycles. The van der Waals surface area contributed by atoms with E-state index in [-0.39, 0.29) is 11.9 Å². The number of hydrogen-bond donors (Lipinski definition) is 1. The summed E-state index contributed by atoms with van der Waals surface area (Å²) in [6.45, 7) is 8.67. The molecule has 0 atom stereocenters. The van der Waals surface area contributed by atoms with Gasteiger partial charge in [0.2, 0.25) is 0 Å². The third-order valence-electron chi connectivity index (χ3n) is 8.73. The van der Waals surface area contributed by atoms with Crippen molar-refractivity contribution < 1.29 is 14.3 Å². The molecular formula is C34H38ClN3O3. The molecule has 2 aromatic carbocycles. The monoisotopic (exact) mass is 571 g/mol. The number of carbonyl (C=O) groups excluding carboxylic acids is 2. The van der Waals surface area contributed by atoms with Crippen molar-refractivity contribution >= 4 is 29.1 Å². The second-order valence-electron chi connectivity index (χ2n) is 11.6. The molecule has 1 fully saturated rings. The van der Waals surface area contributed by atoms with Crippen LogP contribution in [0, 0.1) is 18.3 Å². The van der Waals surface area contributed by atoms with E-state index in [0.717, 1.165) is 47.9 Å². The fraction of sp³-hybridized carbons (Fsp3) is 0.382. The van der Waals surface area contributed by atoms with Crippen LogP contribution >= 0.6 is 11.6 Å². The number of amides is 1. The normalized spacial score (nSPS) is 17.4. The minimum Gasteiger partial charge on any atom is -0.466 e. The number of nitrogens with one attached hydrogen (secondary N) is 1. The standard InChI is InChI=1S/C34H38ClN3O3/c1-5-41-33(40)34(3,4)27-16-13-24(14-17-27)23-9-11-25(12-10-23)26-15-18-31-37-30(21-38(31)20-26)32(39)36-19-28-22(2)7-6-8-29(28)35/h6-12,15,18,20-21,24,27H,5,13-14,16-17,19H2,1-4H3,(H,36,39). The van der Waals surface area contributed by atoms with Gasteiger partial charge < -0.3 is 14.5 Å². The van der Waals surface area contributed by atoms with Crippen LogP contribution in [0.2, 0.25) is 5.02 Å². The van der Waals surface area contributed by atoms with Gasteiger partial charge in [-0.25, -0.2) is 4.98 Å². The van der Waals surface area contributed by atoms with E-state index in [0.29, 0.717) is 41.4 Å². The number of nitrogens with zero attached hydrogens (tertiary/aromatic N) is 2. The first-order valence-electron chi connectivity index (χ1n) is 14.5. The van der Waals surface area contributed by atoms with Crippen LogP contribution in [-0.4, -0.2) is 27.9 Å². The molecule has 1 amide bonds. The van der Waals surface area contributed by atoms with Gasteiger partial charge in [0.05, 0.1) is 12.0 Å². The quantitative estimate of drug-likeness (QED) is 0.219. The van der Waals surface area contributed by atoms with Crippen molar-refractivity contribution in [2.75, 3.05) is 6.61 Å². The fourth-order valence-corrected chi connectivity index (χ4v) is 6.29. The molecule has 0 aliphatic heterocycles. The molecule has 6 nitrogen and oxygen atoms in total. The molecule has 0 radical (unpaired) electrons. The van der Waals surface area contributed by atoms with E-state index in [1.807, 2.05) is 68.6 Å². The molecule has 5 rings (SSSR count). The van der Waals surface area contributed by atoms with Gasteiger partial charge in [-0.2, -0.15) is 0 Å². The van der Waals surface area contributed by atoms with Crippen molar-refractivity contribution in [1.82, 2.24) is 14.7 Å². The van der Waals surface area contributed by atoms with Crippen molar-refractivity contribution in [1.29, 1.82) is 0 Å². The maximum atomic E-state index is 12.8. The number of carbonyl (C=O) groups is 2. The summed E-state index contributed by atoms with van der Waals surface area (Å²) < 4.78 is 7.23. The van der Waals surface area contributed by atoms with Gasteiger partial charge in [-0.3, -0.25) is 9.59 Å². The molecule has 41 heavy (non-hydrogen) atoms. The Morgan fingerprint density at radius 3 is 2.39 bits per heavy atom. The van der Waals surface area contributed by atoms with Crippen molar-refractivity contribution in [3.63, 3.8) is 0 Å². The number of aryl methyl sites for hydroxylation is 1. The van der Waals surface area contributed by atoms with Crippen molar-refractivity contribution in [3.05, 3.63) is 94.4 Å². The van der Waals surface area contributed by atoms with E-state index in [4.69, 9.17) is 16.3 Å². The summed E-state index contributed by atoms with van der Waals surface area (Å²) in [6.07, 6.45) is 7.99. The van der Waals surface area contributed by atoms with Gasteiger partial charge in [-0.05, 0) is 111 Å². The highest BCUT2D eigenvalue weighted by molar-refractivity contribution is 6.31. The van der Waals surface area contributed by atoms with Crippen LogP contribution in [0.4, 0.5) is 0 Å². The summed E-state index contributed by atoms with van der Waals surface area (Å²) >= 11 is 6.31. The number of esters is 1. The lowest BCUT2D eigenvalue weighted by molar-refractivity contribution is -0.157. The van der Waals surface area contributed by atoms with Crippen LogP contribution in [0.25, 0.3) is 16.8 Å². The summed E-state index contributed by atoms with van der Waals surface area (Å²) in [7, 11) is 0. The van der Waals surface area contributed by atoms with Gasteiger partial charge >= 0.3 is 5.97 Å². The maximum Gasteiger partial charge on any atom is 0.311 e. The Bertz CT molecular complexity index is 1530. The molecule has 1 aliphatic rings. The summed E-state index contributed by atoms with van der Waals surface area (Å²) in [6, 6.07) is 18.5. The third-order valence-corrected chi connectivity index (χ3v) is 9.08. The number of aromatic nitrogens is 2. The average Bonchev–Trinajstić information content (AvgIpc) is 3.41. The highest BCUT2D eigenvalue weighted by Crippen LogP contribution is 2.44. The zero-order valence-corrected chi connectivity index (χ0v) is 25.0. The van der Waals surface area contributed by atoms with E-state index in [9.17, 15) is 9.59 Å². The van der Waals surface area contributed by atoms with Crippen LogP contribution in [0.3, 0.4) is 0 Å². The van der Waals surface area contributed by atoms with Gasteiger partial charge in [-0.15, -0.1) is 0 Å². The lowest BCUT2D eigenvalue weighted by Crippen LogP contribution is -2.36. The molecule has 2 heterocycles. The number of rotatable bonds is 8. The SMILES string of the molecule is CCOC(=O)C(C)(C)C1CCC(c2ccc(-c3ccc4nc(C(=O)NCc5c(C)cccc5Cl)cn4c3)cc2)CC1. The van der Waals surface area contributed by atoms with Crippen molar-refractivity contribution in [3.8, 4) is 11.1 Å². The molecule has 0 unspecified atom stereocenters. The van der Waals surface area contributed by atoms with Gasteiger partial charge in [0, 0.05) is 24.0 Å². The minimum absolute atomic E-state index is 0.0809.